The van der Waals surface area contributed by atoms with Crippen molar-refractivity contribution in [2.75, 3.05) is 4.90 Å². The summed E-state index contributed by atoms with van der Waals surface area (Å²) < 4.78 is 5.42. The van der Waals surface area contributed by atoms with Crippen LogP contribution in [0.5, 0.6) is 0 Å². The normalized spacial score (nSPS) is 19.9. The van der Waals surface area contributed by atoms with E-state index >= 15 is 0 Å². The molecular formula is C15H20N2O3. The Balaban J connectivity index is 2.25. The first-order chi connectivity index (χ1) is 9.38. The molecule has 0 bridgehead atoms. The molecular weight excluding hydrogens is 256 g/mol. The molecule has 2 rings (SSSR count). The molecule has 5 nitrogen and oxygen atoms in total. The second kappa shape index (κ2) is 5.61. The van der Waals surface area contributed by atoms with E-state index < -0.39 is 11.6 Å². The van der Waals surface area contributed by atoms with Crippen LogP contribution >= 0.6 is 0 Å². The van der Waals surface area contributed by atoms with E-state index in [4.69, 9.17) is 4.74 Å². The predicted molar refractivity (Wildman–Crippen MR) is 75.2 cm³/mol. The summed E-state index contributed by atoms with van der Waals surface area (Å²) in [5, 5.41) is 0. The van der Waals surface area contributed by atoms with Gasteiger partial charge < -0.3 is 4.74 Å². The van der Waals surface area contributed by atoms with Gasteiger partial charge in [0.2, 0.25) is 5.91 Å². The Morgan fingerprint density at radius 3 is 2.75 bits per heavy atom. The van der Waals surface area contributed by atoms with Crippen molar-refractivity contribution in [1.29, 1.82) is 0 Å². The van der Waals surface area contributed by atoms with Gasteiger partial charge in [-0.15, -0.1) is 0 Å². The number of nitrogens with zero attached hydrogens (tertiary/aromatic N) is 2. The topological polar surface area (TPSA) is 59.5 Å². The maximum atomic E-state index is 12.3. The van der Waals surface area contributed by atoms with Crippen LogP contribution in [0.4, 0.5) is 5.82 Å². The number of piperidine rings is 1. The fraction of sp³-hybridized carbons (Fsp3) is 0.533. The number of ether oxygens (including phenoxy) is 1. The molecule has 5 heteroatoms. The van der Waals surface area contributed by atoms with Gasteiger partial charge in [0.25, 0.3) is 0 Å². The molecule has 1 atom stereocenters. The lowest BCUT2D eigenvalue weighted by Crippen LogP contribution is -2.50. The summed E-state index contributed by atoms with van der Waals surface area (Å²) >= 11 is 0. The maximum Gasteiger partial charge on any atom is 0.329 e. The van der Waals surface area contributed by atoms with Crippen LogP contribution in [0.2, 0.25) is 0 Å². The number of pyridine rings is 1. The minimum atomic E-state index is -0.578. The Morgan fingerprint density at radius 2 is 2.15 bits per heavy atom. The largest absolute Gasteiger partial charge is 0.458 e. The van der Waals surface area contributed by atoms with Crippen LogP contribution < -0.4 is 4.90 Å². The van der Waals surface area contributed by atoms with Crippen LogP contribution in [-0.2, 0) is 14.3 Å². The Hall–Kier alpha value is -1.91. The van der Waals surface area contributed by atoms with Gasteiger partial charge in [-0.05, 0) is 45.7 Å². The first-order valence-electron chi connectivity index (χ1n) is 6.84. The third-order valence-corrected chi connectivity index (χ3v) is 3.02. The van der Waals surface area contributed by atoms with Crippen LogP contribution in [0.15, 0.2) is 24.4 Å². The summed E-state index contributed by atoms with van der Waals surface area (Å²) in [6, 6.07) is 4.74. The maximum absolute atomic E-state index is 12.3. The molecule has 0 spiro atoms. The Bertz CT molecular complexity index is 494. The number of aromatic nitrogens is 1. The molecule has 108 valence electrons. The first kappa shape index (κ1) is 14.5. The molecule has 1 fully saturated rings. The molecule has 1 aromatic heterocycles. The zero-order valence-corrected chi connectivity index (χ0v) is 12.1. The van der Waals surface area contributed by atoms with Gasteiger partial charge in [0.1, 0.15) is 17.5 Å². The van der Waals surface area contributed by atoms with Crippen molar-refractivity contribution in [2.24, 2.45) is 0 Å². The molecule has 1 saturated heterocycles. The van der Waals surface area contributed by atoms with Crippen molar-refractivity contribution in [3.63, 3.8) is 0 Å². The van der Waals surface area contributed by atoms with Crippen molar-refractivity contribution in [1.82, 2.24) is 4.98 Å². The fourth-order valence-corrected chi connectivity index (χ4v) is 2.25. The van der Waals surface area contributed by atoms with Gasteiger partial charge in [-0.25, -0.2) is 9.78 Å². The minimum absolute atomic E-state index is 0.0780. The molecule has 0 aromatic carbocycles. The second-order valence-electron chi connectivity index (χ2n) is 5.89. The summed E-state index contributed by atoms with van der Waals surface area (Å²) in [5.41, 5.74) is -0.562. The van der Waals surface area contributed by atoms with E-state index in [0.29, 0.717) is 25.1 Å². The monoisotopic (exact) mass is 276 g/mol. The molecule has 1 unspecified atom stereocenters. The number of hydrogen-bond donors (Lipinski definition) is 0. The number of anilines is 1. The molecule has 0 N–H and O–H groups in total. The van der Waals surface area contributed by atoms with E-state index in [2.05, 4.69) is 4.98 Å². The van der Waals surface area contributed by atoms with Gasteiger partial charge in [0.15, 0.2) is 0 Å². The smallest absolute Gasteiger partial charge is 0.329 e. The van der Waals surface area contributed by atoms with Crippen LogP contribution in [0.25, 0.3) is 0 Å². The van der Waals surface area contributed by atoms with Gasteiger partial charge >= 0.3 is 5.97 Å². The van der Waals surface area contributed by atoms with Crippen molar-refractivity contribution < 1.29 is 14.3 Å². The average Bonchev–Trinajstić information content (AvgIpc) is 2.37. The highest BCUT2D eigenvalue weighted by molar-refractivity contribution is 5.99. The van der Waals surface area contributed by atoms with Crippen LogP contribution in [-0.4, -0.2) is 28.5 Å². The summed E-state index contributed by atoms with van der Waals surface area (Å²) in [4.78, 5) is 30.1. The average molecular weight is 276 g/mol. The molecule has 0 saturated carbocycles. The highest BCUT2D eigenvalue weighted by atomic mass is 16.6. The second-order valence-corrected chi connectivity index (χ2v) is 5.89. The van der Waals surface area contributed by atoms with Crippen molar-refractivity contribution in [3.8, 4) is 0 Å². The lowest BCUT2D eigenvalue weighted by molar-refractivity contribution is -0.158. The molecule has 1 aliphatic heterocycles. The van der Waals surface area contributed by atoms with E-state index in [1.807, 2.05) is 20.8 Å². The number of rotatable bonds is 2. The van der Waals surface area contributed by atoms with E-state index in [0.717, 1.165) is 0 Å². The standard InChI is InChI=1S/C15H20N2O3/c1-15(2,3)20-14(19)11-7-6-9-13(18)17(11)12-8-4-5-10-16-12/h4-5,8,10-11H,6-7,9H2,1-3H3. The van der Waals surface area contributed by atoms with Gasteiger partial charge in [-0.2, -0.15) is 0 Å². The SMILES string of the molecule is CC(C)(C)OC(=O)C1CCCC(=O)N1c1ccccn1. The van der Waals surface area contributed by atoms with Crippen molar-refractivity contribution in [2.45, 2.75) is 51.7 Å². The molecule has 0 aliphatic carbocycles. The summed E-state index contributed by atoms with van der Waals surface area (Å²) in [6.45, 7) is 5.46. The number of esters is 1. The molecule has 2 heterocycles. The van der Waals surface area contributed by atoms with Gasteiger partial charge in [0.05, 0.1) is 0 Å². The minimum Gasteiger partial charge on any atom is -0.458 e. The van der Waals surface area contributed by atoms with E-state index in [1.54, 1.807) is 24.4 Å². The van der Waals surface area contributed by atoms with Gasteiger partial charge in [0, 0.05) is 12.6 Å². The zero-order chi connectivity index (χ0) is 14.8. The van der Waals surface area contributed by atoms with E-state index in [1.165, 1.54) is 4.90 Å². The first-order valence-corrected chi connectivity index (χ1v) is 6.84. The van der Waals surface area contributed by atoms with Crippen molar-refractivity contribution in [3.05, 3.63) is 24.4 Å². The fourth-order valence-electron chi connectivity index (χ4n) is 2.25. The number of amides is 1. The Labute approximate surface area is 118 Å². The number of carbonyl (C=O) groups excluding carboxylic acids is 2. The molecule has 1 amide bonds. The van der Waals surface area contributed by atoms with Gasteiger partial charge in [-0.1, -0.05) is 6.07 Å². The van der Waals surface area contributed by atoms with E-state index in [9.17, 15) is 9.59 Å². The number of carbonyl (C=O) groups is 2. The third-order valence-electron chi connectivity index (χ3n) is 3.02. The lowest BCUT2D eigenvalue weighted by atomic mass is 10.0. The molecule has 0 radical (unpaired) electrons. The van der Waals surface area contributed by atoms with Crippen LogP contribution in [0.1, 0.15) is 40.0 Å². The highest BCUT2D eigenvalue weighted by Crippen LogP contribution is 2.26. The Kier molecular flexibility index (Phi) is 4.06. The third kappa shape index (κ3) is 3.35. The van der Waals surface area contributed by atoms with Crippen LogP contribution in [0, 0.1) is 0 Å². The quantitative estimate of drug-likeness (QED) is 0.778. The molecule has 20 heavy (non-hydrogen) atoms. The molecule has 1 aliphatic rings. The zero-order valence-electron chi connectivity index (χ0n) is 12.1. The van der Waals surface area contributed by atoms with E-state index in [-0.39, 0.29) is 11.9 Å². The predicted octanol–water partition coefficient (Wildman–Crippen LogP) is 2.31. The molecule has 1 aromatic rings. The number of hydrogen-bond acceptors (Lipinski definition) is 4. The lowest BCUT2D eigenvalue weighted by Gasteiger charge is -2.34. The summed E-state index contributed by atoms with van der Waals surface area (Å²) in [7, 11) is 0. The van der Waals surface area contributed by atoms with Crippen LogP contribution in [0.3, 0.4) is 0 Å². The Morgan fingerprint density at radius 1 is 1.40 bits per heavy atom. The van der Waals surface area contributed by atoms with Crippen molar-refractivity contribution >= 4 is 17.7 Å². The summed E-state index contributed by atoms with van der Waals surface area (Å²) in [6.07, 6.45) is 3.36. The summed E-state index contributed by atoms with van der Waals surface area (Å²) in [5.74, 6) is 0.0649. The van der Waals surface area contributed by atoms with Gasteiger partial charge in [-0.3, -0.25) is 9.69 Å². The highest BCUT2D eigenvalue weighted by Gasteiger charge is 2.37.